The van der Waals surface area contributed by atoms with Crippen LogP contribution in [0.5, 0.6) is 11.5 Å². The van der Waals surface area contributed by atoms with E-state index in [0.29, 0.717) is 13.1 Å². The fourth-order valence-corrected chi connectivity index (χ4v) is 3.50. The number of nitrogens with zero attached hydrogens (tertiary/aromatic N) is 2. The van der Waals surface area contributed by atoms with Crippen LogP contribution in [0, 0.1) is 0 Å². The van der Waals surface area contributed by atoms with Crippen molar-refractivity contribution in [2.75, 3.05) is 40.4 Å². The van der Waals surface area contributed by atoms with Crippen molar-refractivity contribution in [1.29, 1.82) is 0 Å². The highest BCUT2D eigenvalue weighted by Gasteiger charge is 2.24. The van der Waals surface area contributed by atoms with Crippen molar-refractivity contribution in [3.63, 3.8) is 0 Å². The van der Waals surface area contributed by atoms with Crippen LogP contribution in [0.2, 0.25) is 0 Å². The first-order chi connectivity index (χ1) is 11.2. The second-order valence-electron chi connectivity index (χ2n) is 6.38. The molecule has 5 nitrogen and oxygen atoms in total. The molecule has 0 unspecified atom stereocenters. The van der Waals surface area contributed by atoms with Crippen molar-refractivity contribution in [3.05, 3.63) is 23.3 Å². The van der Waals surface area contributed by atoms with Gasteiger partial charge in [-0.05, 0) is 55.6 Å². The fourth-order valence-electron chi connectivity index (χ4n) is 3.50. The summed E-state index contributed by atoms with van der Waals surface area (Å²) in [5, 5.41) is 0. The lowest BCUT2D eigenvalue weighted by Gasteiger charge is -2.33. The van der Waals surface area contributed by atoms with Gasteiger partial charge in [0.05, 0.1) is 20.8 Å². The van der Waals surface area contributed by atoms with Crippen LogP contribution in [0.25, 0.3) is 0 Å². The summed E-state index contributed by atoms with van der Waals surface area (Å²) in [5.74, 6) is 1.74. The molecule has 2 heterocycles. The molecule has 0 aromatic heterocycles. The molecule has 2 aliphatic rings. The van der Waals surface area contributed by atoms with Gasteiger partial charge < -0.3 is 14.4 Å². The number of carbonyl (C=O) groups excluding carboxylic acids is 1. The van der Waals surface area contributed by atoms with E-state index in [1.807, 2.05) is 17.0 Å². The number of piperidine rings is 1. The standard InChI is InChI=1S/C18H26N2O3/c1-22-16-10-14-6-9-20(12-15(14)11-17(16)23-2)18(21)13-19-7-4-3-5-8-19/h10-11H,3-9,12-13H2,1-2H3. The van der Waals surface area contributed by atoms with E-state index in [0.717, 1.165) is 37.6 Å². The monoisotopic (exact) mass is 318 g/mol. The van der Waals surface area contributed by atoms with Crippen molar-refractivity contribution in [2.45, 2.75) is 32.2 Å². The van der Waals surface area contributed by atoms with E-state index in [9.17, 15) is 4.79 Å². The highest BCUT2D eigenvalue weighted by Crippen LogP contribution is 2.33. The first kappa shape index (κ1) is 16.1. The molecule has 1 fully saturated rings. The average molecular weight is 318 g/mol. The van der Waals surface area contributed by atoms with Crippen LogP contribution in [0.4, 0.5) is 0 Å². The number of methoxy groups -OCH3 is 2. The summed E-state index contributed by atoms with van der Waals surface area (Å²) in [4.78, 5) is 16.8. The van der Waals surface area contributed by atoms with Gasteiger partial charge in [-0.2, -0.15) is 0 Å². The van der Waals surface area contributed by atoms with Crippen molar-refractivity contribution >= 4 is 5.91 Å². The Morgan fingerprint density at radius 3 is 2.30 bits per heavy atom. The second-order valence-corrected chi connectivity index (χ2v) is 6.38. The summed E-state index contributed by atoms with van der Waals surface area (Å²) in [7, 11) is 3.30. The number of benzene rings is 1. The quantitative estimate of drug-likeness (QED) is 0.852. The molecular weight excluding hydrogens is 292 g/mol. The van der Waals surface area contributed by atoms with Crippen LogP contribution >= 0.6 is 0 Å². The molecule has 126 valence electrons. The maximum atomic E-state index is 12.6. The number of hydrogen-bond donors (Lipinski definition) is 0. The highest BCUT2D eigenvalue weighted by atomic mass is 16.5. The zero-order chi connectivity index (χ0) is 16.2. The maximum absolute atomic E-state index is 12.6. The van der Waals surface area contributed by atoms with E-state index < -0.39 is 0 Å². The van der Waals surface area contributed by atoms with Gasteiger partial charge in [0.1, 0.15) is 0 Å². The smallest absolute Gasteiger partial charge is 0.237 e. The SMILES string of the molecule is COc1cc2c(cc1OC)CN(C(=O)CN1CCCCC1)CC2. The van der Waals surface area contributed by atoms with Crippen LogP contribution in [0.15, 0.2) is 12.1 Å². The van der Waals surface area contributed by atoms with E-state index in [-0.39, 0.29) is 5.91 Å². The molecule has 3 rings (SSSR count). The minimum absolute atomic E-state index is 0.243. The lowest BCUT2D eigenvalue weighted by atomic mass is 9.98. The normalized spacial score (nSPS) is 18.4. The van der Waals surface area contributed by atoms with Gasteiger partial charge in [0.25, 0.3) is 0 Å². The van der Waals surface area contributed by atoms with Gasteiger partial charge in [0.2, 0.25) is 5.91 Å². The highest BCUT2D eigenvalue weighted by molar-refractivity contribution is 5.78. The Bertz CT molecular complexity index is 568. The van der Waals surface area contributed by atoms with Gasteiger partial charge in [-0.25, -0.2) is 0 Å². The molecule has 0 N–H and O–H groups in total. The van der Waals surface area contributed by atoms with Gasteiger partial charge in [-0.1, -0.05) is 6.42 Å². The predicted molar refractivity (Wildman–Crippen MR) is 89.0 cm³/mol. The molecule has 1 saturated heterocycles. The number of ether oxygens (including phenoxy) is 2. The topological polar surface area (TPSA) is 42.0 Å². The second kappa shape index (κ2) is 7.21. The third kappa shape index (κ3) is 3.61. The maximum Gasteiger partial charge on any atom is 0.237 e. The molecule has 1 amide bonds. The van der Waals surface area contributed by atoms with E-state index in [2.05, 4.69) is 4.90 Å². The number of rotatable bonds is 4. The van der Waals surface area contributed by atoms with Gasteiger partial charge >= 0.3 is 0 Å². The van der Waals surface area contributed by atoms with Crippen molar-refractivity contribution < 1.29 is 14.3 Å². The number of carbonyl (C=O) groups is 1. The third-order valence-corrected chi connectivity index (χ3v) is 4.88. The number of amides is 1. The van der Waals surface area contributed by atoms with Crippen LogP contribution in [-0.2, 0) is 17.8 Å². The predicted octanol–water partition coefficient (Wildman–Crippen LogP) is 2.07. The molecule has 5 heteroatoms. The van der Waals surface area contributed by atoms with E-state index in [4.69, 9.17) is 9.47 Å². The average Bonchev–Trinajstić information content (AvgIpc) is 2.60. The Hall–Kier alpha value is -1.75. The molecule has 0 atom stereocenters. The Kier molecular flexibility index (Phi) is 5.06. The molecule has 0 bridgehead atoms. The summed E-state index contributed by atoms with van der Waals surface area (Å²) >= 11 is 0. The molecule has 0 spiro atoms. The van der Waals surface area contributed by atoms with Crippen molar-refractivity contribution in [2.24, 2.45) is 0 Å². The Morgan fingerprint density at radius 1 is 1.00 bits per heavy atom. The molecule has 0 aliphatic carbocycles. The van der Waals surface area contributed by atoms with Crippen molar-refractivity contribution in [3.8, 4) is 11.5 Å². The molecule has 2 aliphatic heterocycles. The first-order valence-electron chi connectivity index (χ1n) is 8.45. The summed E-state index contributed by atoms with van der Waals surface area (Å²) in [6.45, 7) is 4.13. The molecule has 1 aromatic rings. The van der Waals surface area contributed by atoms with E-state index in [1.165, 1.54) is 30.4 Å². The first-order valence-corrected chi connectivity index (χ1v) is 8.45. The summed E-state index contributed by atoms with van der Waals surface area (Å²) in [6.07, 6.45) is 4.60. The lowest BCUT2D eigenvalue weighted by Crippen LogP contribution is -2.44. The Balaban J connectivity index is 1.68. The zero-order valence-electron chi connectivity index (χ0n) is 14.1. The molecule has 0 saturated carbocycles. The minimum Gasteiger partial charge on any atom is -0.493 e. The van der Waals surface area contributed by atoms with Crippen LogP contribution < -0.4 is 9.47 Å². The summed E-state index contributed by atoms with van der Waals surface area (Å²) in [6, 6.07) is 4.05. The molecule has 0 radical (unpaired) electrons. The Labute approximate surface area is 138 Å². The van der Waals surface area contributed by atoms with Crippen LogP contribution in [0.1, 0.15) is 30.4 Å². The number of likely N-dealkylation sites (tertiary alicyclic amines) is 1. The van der Waals surface area contributed by atoms with E-state index in [1.54, 1.807) is 14.2 Å². The van der Waals surface area contributed by atoms with Gasteiger partial charge in [-0.15, -0.1) is 0 Å². The zero-order valence-corrected chi connectivity index (χ0v) is 14.1. The van der Waals surface area contributed by atoms with Crippen LogP contribution in [-0.4, -0.2) is 56.1 Å². The van der Waals surface area contributed by atoms with Crippen LogP contribution in [0.3, 0.4) is 0 Å². The number of hydrogen-bond acceptors (Lipinski definition) is 4. The third-order valence-electron chi connectivity index (χ3n) is 4.88. The summed E-state index contributed by atoms with van der Waals surface area (Å²) in [5.41, 5.74) is 2.42. The van der Waals surface area contributed by atoms with Gasteiger partial charge in [0.15, 0.2) is 11.5 Å². The molecule has 1 aromatic carbocycles. The van der Waals surface area contributed by atoms with Gasteiger partial charge in [0, 0.05) is 13.1 Å². The Morgan fingerprint density at radius 2 is 1.65 bits per heavy atom. The summed E-state index contributed by atoms with van der Waals surface area (Å²) < 4.78 is 10.7. The van der Waals surface area contributed by atoms with Crippen molar-refractivity contribution in [1.82, 2.24) is 9.80 Å². The molecule has 23 heavy (non-hydrogen) atoms. The minimum atomic E-state index is 0.243. The number of fused-ring (bicyclic) bond motifs is 1. The largest absolute Gasteiger partial charge is 0.493 e. The molecular formula is C18H26N2O3. The van der Waals surface area contributed by atoms with E-state index >= 15 is 0 Å². The fraction of sp³-hybridized carbons (Fsp3) is 0.611. The van der Waals surface area contributed by atoms with Gasteiger partial charge in [-0.3, -0.25) is 9.69 Å². The lowest BCUT2D eigenvalue weighted by molar-refractivity contribution is -0.133.